The number of hydrogen-bond acceptors (Lipinski definition) is 8. The predicted octanol–water partition coefficient (Wildman–Crippen LogP) is 2.87. The van der Waals surface area contributed by atoms with Crippen LogP contribution in [0, 0.1) is 17.3 Å². The largest absolute Gasteiger partial charge is 0.346 e. The van der Waals surface area contributed by atoms with Crippen LogP contribution in [0.3, 0.4) is 0 Å². The van der Waals surface area contributed by atoms with E-state index in [-0.39, 0.29) is 36.5 Å². The SMILES string of the molecule is C=CCNC(=O)C(=O)C(CC1CCC1)NC(=O)[C@@H]1[C@@H](C(=C)C)CCN1C(=O)[C@@H](N1C(=O)[C@@H](NC(=O)c2cnccn2)C12CCCCC2)C(C)(C)C. The third kappa shape index (κ3) is 7.62. The van der Waals surface area contributed by atoms with E-state index in [1.807, 2.05) is 27.7 Å². The summed E-state index contributed by atoms with van der Waals surface area (Å²) in [6.07, 6.45) is 13.2. The van der Waals surface area contributed by atoms with Crippen molar-refractivity contribution in [3.05, 3.63) is 49.1 Å². The summed E-state index contributed by atoms with van der Waals surface area (Å²) in [4.78, 5) is 94.1. The van der Waals surface area contributed by atoms with Crippen LogP contribution in [0.15, 0.2) is 43.4 Å². The van der Waals surface area contributed by atoms with Crippen LogP contribution < -0.4 is 16.0 Å². The molecule has 5 atom stereocenters. The second-order valence-electron chi connectivity index (χ2n) is 15.8. The van der Waals surface area contributed by atoms with Gasteiger partial charge in [0.15, 0.2) is 0 Å². The Bertz CT molecular complexity index is 1540. The van der Waals surface area contributed by atoms with E-state index in [1.165, 1.54) is 24.7 Å². The van der Waals surface area contributed by atoms with Crippen molar-refractivity contribution in [1.29, 1.82) is 0 Å². The summed E-state index contributed by atoms with van der Waals surface area (Å²) in [5, 5.41) is 8.32. The summed E-state index contributed by atoms with van der Waals surface area (Å²) >= 11 is 0. The van der Waals surface area contributed by atoms with Crippen LogP contribution in [0.4, 0.5) is 0 Å². The van der Waals surface area contributed by atoms with Gasteiger partial charge in [0, 0.05) is 31.4 Å². The summed E-state index contributed by atoms with van der Waals surface area (Å²) in [5.74, 6) is -3.45. The van der Waals surface area contributed by atoms with E-state index < -0.39 is 64.5 Å². The van der Waals surface area contributed by atoms with Crippen LogP contribution in [0.5, 0.6) is 0 Å². The highest BCUT2D eigenvalue weighted by molar-refractivity contribution is 6.38. The van der Waals surface area contributed by atoms with E-state index in [0.717, 1.165) is 44.1 Å². The number of nitrogens with one attached hydrogen (secondary N) is 3. The molecule has 2 aliphatic carbocycles. The van der Waals surface area contributed by atoms with Crippen molar-refractivity contribution in [1.82, 2.24) is 35.7 Å². The average molecular weight is 704 g/mol. The molecule has 1 unspecified atom stereocenters. The molecule has 1 spiro atoms. The van der Waals surface area contributed by atoms with Gasteiger partial charge >= 0.3 is 0 Å². The molecule has 1 aromatic heterocycles. The number of aromatic nitrogens is 2. The summed E-state index contributed by atoms with van der Waals surface area (Å²) < 4.78 is 0. The molecule has 3 N–H and O–H groups in total. The molecule has 13 nitrogen and oxygen atoms in total. The van der Waals surface area contributed by atoms with E-state index in [0.29, 0.717) is 25.7 Å². The van der Waals surface area contributed by atoms with Crippen LogP contribution in [0.1, 0.15) is 102 Å². The summed E-state index contributed by atoms with van der Waals surface area (Å²) in [6, 6.07) is -3.81. The lowest BCUT2D eigenvalue weighted by Crippen LogP contribution is -2.83. The average Bonchev–Trinajstić information content (AvgIpc) is 3.55. The second kappa shape index (κ2) is 15.4. The fourth-order valence-electron chi connectivity index (χ4n) is 8.42. The molecule has 13 heteroatoms. The summed E-state index contributed by atoms with van der Waals surface area (Å²) in [5.41, 5.74) is -0.711. The van der Waals surface area contributed by atoms with Crippen molar-refractivity contribution in [2.45, 2.75) is 122 Å². The maximum Gasteiger partial charge on any atom is 0.289 e. The first-order valence-corrected chi connectivity index (χ1v) is 18.3. The maximum absolute atomic E-state index is 15.0. The Morgan fingerprint density at radius 1 is 1.06 bits per heavy atom. The topological polar surface area (TPSA) is 171 Å². The zero-order chi connectivity index (χ0) is 37.1. The molecule has 5 rings (SSSR count). The molecule has 4 fully saturated rings. The molecule has 1 aromatic rings. The number of β-lactam (4-membered cyclic amide) rings is 1. The van der Waals surface area contributed by atoms with Gasteiger partial charge in [0.2, 0.25) is 23.5 Å². The Labute approximate surface area is 300 Å². The Hall–Kier alpha value is -4.42. The van der Waals surface area contributed by atoms with Gasteiger partial charge < -0.3 is 25.8 Å². The Kier molecular flexibility index (Phi) is 11.5. The maximum atomic E-state index is 15.0. The van der Waals surface area contributed by atoms with Crippen LogP contribution in [0.25, 0.3) is 0 Å². The summed E-state index contributed by atoms with van der Waals surface area (Å²) in [6.45, 7) is 15.6. The first-order valence-electron chi connectivity index (χ1n) is 18.3. The molecule has 4 aliphatic rings. The molecule has 276 valence electrons. The summed E-state index contributed by atoms with van der Waals surface area (Å²) in [7, 11) is 0. The number of nitrogens with zero attached hydrogens (tertiary/aromatic N) is 4. The van der Waals surface area contributed by atoms with Gasteiger partial charge in [-0.25, -0.2) is 4.98 Å². The molecular formula is C38H53N7O6. The zero-order valence-electron chi connectivity index (χ0n) is 30.4. The van der Waals surface area contributed by atoms with Crippen molar-refractivity contribution in [2.24, 2.45) is 17.3 Å². The lowest BCUT2D eigenvalue weighted by molar-refractivity contribution is -0.187. The van der Waals surface area contributed by atoms with Crippen molar-refractivity contribution in [2.75, 3.05) is 13.1 Å². The predicted molar refractivity (Wildman–Crippen MR) is 190 cm³/mol. The first-order chi connectivity index (χ1) is 24.2. The number of likely N-dealkylation sites (tertiary alicyclic amines) is 2. The normalized spacial score (nSPS) is 24.1. The van der Waals surface area contributed by atoms with E-state index in [1.54, 1.807) is 9.80 Å². The first kappa shape index (κ1) is 37.8. The minimum atomic E-state index is -1.05. The van der Waals surface area contributed by atoms with Gasteiger partial charge in [-0.2, -0.15) is 0 Å². The highest BCUT2D eigenvalue weighted by atomic mass is 16.2. The molecule has 0 radical (unpaired) electrons. The van der Waals surface area contributed by atoms with Gasteiger partial charge in [-0.3, -0.25) is 33.8 Å². The number of hydrogen-bond donors (Lipinski definition) is 3. The Morgan fingerprint density at radius 3 is 2.33 bits per heavy atom. The van der Waals surface area contributed by atoms with Crippen LogP contribution >= 0.6 is 0 Å². The van der Waals surface area contributed by atoms with Crippen molar-refractivity contribution in [3.8, 4) is 0 Å². The molecule has 5 amide bonds. The van der Waals surface area contributed by atoms with Crippen LogP contribution in [-0.2, 0) is 24.0 Å². The van der Waals surface area contributed by atoms with Crippen LogP contribution in [-0.4, -0.2) is 97.9 Å². The smallest absolute Gasteiger partial charge is 0.289 e. The molecule has 2 aliphatic heterocycles. The number of Topliss-reactive ketones (excluding diaryl/α,β-unsaturated/α-hetero) is 1. The van der Waals surface area contributed by atoms with E-state index in [4.69, 9.17) is 0 Å². The molecule has 2 saturated carbocycles. The molecule has 0 bridgehead atoms. The Morgan fingerprint density at radius 2 is 1.76 bits per heavy atom. The minimum absolute atomic E-state index is 0.0993. The van der Waals surface area contributed by atoms with Crippen molar-refractivity contribution < 1.29 is 28.8 Å². The standard InChI is InChI=1S/C38H53N7O6/c1-7-17-41-34(49)29(46)26(21-24-12-11-13-24)42-33(48)28-25(23(2)3)14-20-44(28)36(51)31(37(4,5)6)45-35(50)30(38(45)15-9-8-10-16-38)43-32(47)27-22-39-18-19-40-27/h7,18-19,22,24-26,28,30-31H,1-2,8-17,20-21H2,3-6H3,(H,41,49)(H,42,48)(H,43,47)/t25-,26?,28+,30-,31-/m1/s1. The van der Waals surface area contributed by atoms with Gasteiger partial charge in [-0.1, -0.05) is 77.5 Å². The quantitative estimate of drug-likeness (QED) is 0.160. The molecule has 0 aromatic carbocycles. The van der Waals surface area contributed by atoms with Gasteiger partial charge in [-0.05, 0) is 43.9 Å². The fourth-order valence-corrected chi connectivity index (χ4v) is 8.42. The van der Waals surface area contributed by atoms with Gasteiger partial charge in [-0.15, -0.1) is 6.58 Å². The third-order valence-electron chi connectivity index (χ3n) is 11.2. The van der Waals surface area contributed by atoms with E-state index >= 15 is 0 Å². The fraction of sp³-hybridized carbons (Fsp3) is 0.632. The third-order valence-corrected chi connectivity index (χ3v) is 11.2. The van der Waals surface area contributed by atoms with Crippen molar-refractivity contribution in [3.63, 3.8) is 0 Å². The number of rotatable bonds is 13. The Balaban J connectivity index is 1.43. The van der Waals surface area contributed by atoms with E-state index in [9.17, 15) is 28.8 Å². The number of carbonyl (C=O) groups is 6. The molecule has 3 heterocycles. The zero-order valence-corrected chi connectivity index (χ0v) is 30.4. The monoisotopic (exact) mass is 703 g/mol. The van der Waals surface area contributed by atoms with Gasteiger partial charge in [0.1, 0.15) is 23.8 Å². The molecule has 2 saturated heterocycles. The number of amides is 5. The number of carbonyl (C=O) groups excluding carboxylic acids is 6. The highest BCUT2D eigenvalue weighted by Crippen LogP contribution is 2.49. The lowest BCUT2D eigenvalue weighted by atomic mass is 9.65. The lowest BCUT2D eigenvalue weighted by Gasteiger charge is -2.63. The highest BCUT2D eigenvalue weighted by Gasteiger charge is 2.65. The minimum Gasteiger partial charge on any atom is -0.346 e. The van der Waals surface area contributed by atoms with Crippen molar-refractivity contribution >= 4 is 35.3 Å². The second-order valence-corrected chi connectivity index (χ2v) is 15.8. The van der Waals surface area contributed by atoms with Crippen LogP contribution in [0.2, 0.25) is 0 Å². The van der Waals surface area contributed by atoms with Gasteiger partial charge in [0.25, 0.3) is 11.8 Å². The molecular weight excluding hydrogens is 650 g/mol. The molecule has 51 heavy (non-hydrogen) atoms. The van der Waals surface area contributed by atoms with E-state index in [2.05, 4.69) is 39.1 Å². The number of ketones is 1. The van der Waals surface area contributed by atoms with Gasteiger partial charge in [0.05, 0.1) is 17.8 Å².